The molecule has 19 heavy (non-hydrogen) atoms. The smallest absolute Gasteiger partial charge is 0.191 e. The molecule has 0 unspecified atom stereocenters. The Bertz CT molecular complexity index is 592. The number of rotatable bonds is 5. The quantitative estimate of drug-likeness (QED) is 0.620. The molecular weight excluding hydrogens is 326 g/mol. The number of thioether (sulfide) groups is 1. The average molecular weight is 338 g/mol. The van der Waals surface area contributed by atoms with Gasteiger partial charge in [-0.3, -0.25) is 4.79 Å². The van der Waals surface area contributed by atoms with Crippen molar-refractivity contribution in [1.29, 1.82) is 0 Å². The van der Waals surface area contributed by atoms with E-state index in [4.69, 9.17) is 0 Å². The number of nitrogens with zero attached hydrogens (tertiary/aromatic N) is 3. The van der Waals surface area contributed by atoms with Crippen LogP contribution in [0, 0.1) is 0 Å². The molecule has 1 aliphatic rings. The van der Waals surface area contributed by atoms with Crippen molar-refractivity contribution in [3.05, 3.63) is 40.6 Å². The molecule has 0 atom stereocenters. The van der Waals surface area contributed by atoms with Crippen LogP contribution in [0.15, 0.2) is 40.2 Å². The van der Waals surface area contributed by atoms with E-state index in [2.05, 4.69) is 30.7 Å². The molecule has 1 aromatic carbocycles. The van der Waals surface area contributed by atoms with Gasteiger partial charge in [-0.2, -0.15) is 0 Å². The van der Waals surface area contributed by atoms with Crippen molar-refractivity contribution in [2.45, 2.75) is 24.0 Å². The van der Waals surface area contributed by atoms with Crippen LogP contribution in [-0.4, -0.2) is 26.3 Å². The Morgan fingerprint density at radius 2 is 2.11 bits per heavy atom. The summed E-state index contributed by atoms with van der Waals surface area (Å²) in [6, 6.07) is 7.96. The highest BCUT2D eigenvalue weighted by atomic mass is 79.9. The Morgan fingerprint density at radius 1 is 1.37 bits per heavy atom. The molecule has 6 heteroatoms. The van der Waals surface area contributed by atoms with Gasteiger partial charge in [-0.15, -0.1) is 10.2 Å². The lowest BCUT2D eigenvalue weighted by molar-refractivity contribution is 0.102. The van der Waals surface area contributed by atoms with E-state index < -0.39 is 0 Å². The highest BCUT2D eigenvalue weighted by Gasteiger charge is 2.26. The normalized spacial score (nSPS) is 14.6. The van der Waals surface area contributed by atoms with Crippen LogP contribution in [0.1, 0.15) is 29.2 Å². The van der Waals surface area contributed by atoms with E-state index in [0.717, 1.165) is 15.2 Å². The number of carbonyl (C=O) groups is 1. The van der Waals surface area contributed by atoms with E-state index in [1.54, 1.807) is 6.33 Å². The van der Waals surface area contributed by atoms with Crippen molar-refractivity contribution in [3.8, 4) is 0 Å². The van der Waals surface area contributed by atoms with E-state index in [9.17, 15) is 4.79 Å². The van der Waals surface area contributed by atoms with Crippen molar-refractivity contribution in [2.24, 2.45) is 0 Å². The molecule has 0 amide bonds. The van der Waals surface area contributed by atoms with Gasteiger partial charge in [0.15, 0.2) is 10.9 Å². The molecule has 1 heterocycles. The zero-order valence-electron chi connectivity index (χ0n) is 10.1. The molecule has 1 aliphatic carbocycles. The first-order valence-corrected chi connectivity index (χ1v) is 7.83. The van der Waals surface area contributed by atoms with Crippen LogP contribution in [0.5, 0.6) is 0 Å². The number of hydrogen-bond donors (Lipinski definition) is 0. The molecule has 0 radical (unpaired) electrons. The van der Waals surface area contributed by atoms with Gasteiger partial charge in [0.1, 0.15) is 6.33 Å². The fraction of sp³-hybridized carbons (Fsp3) is 0.308. The van der Waals surface area contributed by atoms with Gasteiger partial charge in [-0.25, -0.2) is 0 Å². The first-order chi connectivity index (χ1) is 9.24. The van der Waals surface area contributed by atoms with E-state index in [1.165, 1.54) is 24.6 Å². The Labute approximate surface area is 123 Å². The summed E-state index contributed by atoms with van der Waals surface area (Å²) in [6.45, 7) is 0. The Morgan fingerprint density at radius 3 is 2.79 bits per heavy atom. The van der Waals surface area contributed by atoms with Crippen LogP contribution >= 0.6 is 27.7 Å². The molecule has 0 saturated heterocycles. The highest BCUT2D eigenvalue weighted by molar-refractivity contribution is 9.10. The lowest BCUT2D eigenvalue weighted by Crippen LogP contribution is -2.04. The van der Waals surface area contributed by atoms with Crippen LogP contribution in [0.4, 0.5) is 0 Å². The number of hydrogen-bond acceptors (Lipinski definition) is 4. The van der Waals surface area contributed by atoms with Gasteiger partial charge in [0, 0.05) is 16.1 Å². The van der Waals surface area contributed by atoms with E-state index in [1.807, 2.05) is 24.3 Å². The zero-order valence-corrected chi connectivity index (χ0v) is 12.5. The number of carbonyl (C=O) groups excluding carboxylic acids is 1. The van der Waals surface area contributed by atoms with Crippen LogP contribution in [0.2, 0.25) is 0 Å². The van der Waals surface area contributed by atoms with E-state index in [-0.39, 0.29) is 5.78 Å². The number of aromatic nitrogens is 3. The maximum atomic E-state index is 12.1. The minimum Gasteiger partial charge on any atom is -0.306 e. The van der Waals surface area contributed by atoms with Crippen molar-refractivity contribution in [3.63, 3.8) is 0 Å². The Kier molecular flexibility index (Phi) is 3.70. The predicted octanol–water partition coefficient (Wildman–Crippen LogP) is 3.35. The Hall–Kier alpha value is -1.14. The molecule has 0 bridgehead atoms. The fourth-order valence-corrected chi connectivity index (χ4v) is 2.93. The second-order valence-electron chi connectivity index (χ2n) is 4.47. The average Bonchev–Trinajstić information content (AvgIpc) is 3.16. The minimum absolute atomic E-state index is 0.114. The summed E-state index contributed by atoms with van der Waals surface area (Å²) in [5, 5.41) is 8.83. The van der Waals surface area contributed by atoms with Crippen LogP contribution in [-0.2, 0) is 0 Å². The molecule has 0 N–H and O–H groups in total. The molecule has 98 valence electrons. The summed E-state index contributed by atoms with van der Waals surface area (Å²) < 4.78 is 3.05. The molecule has 0 aliphatic heterocycles. The number of ketones is 1. The largest absolute Gasteiger partial charge is 0.306 e. The topological polar surface area (TPSA) is 47.8 Å². The number of halogens is 1. The van der Waals surface area contributed by atoms with E-state index in [0.29, 0.717) is 11.8 Å². The number of benzene rings is 1. The molecule has 1 fully saturated rings. The monoisotopic (exact) mass is 337 g/mol. The molecule has 4 nitrogen and oxygen atoms in total. The summed E-state index contributed by atoms with van der Waals surface area (Å²) >= 11 is 4.82. The maximum absolute atomic E-state index is 12.1. The third-order valence-electron chi connectivity index (χ3n) is 2.98. The zero-order chi connectivity index (χ0) is 13.2. The third-order valence-corrected chi connectivity index (χ3v) is 4.46. The first kappa shape index (κ1) is 12.9. The lowest BCUT2D eigenvalue weighted by Gasteiger charge is -2.04. The van der Waals surface area contributed by atoms with Crippen molar-refractivity contribution in [1.82, 2.24) is 14.8 Å². The summed E-state index contributed by atoms with van der Waals surface area (Å²) in [7, 11) is 0. The maximum Gasteiger partial charge on any atom is 0.191 e. The molecule has 0 spiro atoms. The second-order valence-corrected chi connectivity index (χ2v) is 6.33. The van der Waals surface area contributed by atoms with Crippen molar-refractivity contribution < 1.29 is 4.79 Å². The van der Waals surface area contributed by atoms with Gasteiger partial charge in [-0.1, -0.05) is 39.8 Å². The summed E-state index contributed by atoms with van der Waals surface area (Å²) in [5.41, 5.74) is 0.730. The van der Waals surface area contributed by atoms with Gasteiger partial charge < -0.3 is 4.57 Å². The van der Waals surface area contributed by atoms with Crippen LogP contribution in [0.3, 0.4) is 0 Å². The summed E-state index contributed by atoms with van der Waals surface area (Å²) in [4.78, 5) is 12.1. The third kappa shape index (κ3) is 3.06. The summed E-state index contributed by atoms with van der Waals surface area (Å²) in [6.07, 6.45) is 4.13. The Balaban J connectivity index is 1.63. The number of Topliss-reactive ketones (excluding diaryl/α,β-unsaturated/α-hetero) is 1. The van der Waals surface area contributed by atoms with Gasteiger partial charge in [-0.05, 0) is 25.0 Å². The fourth-order valence-electron chi connectivity index (χ4n) is 1.79. The SMILES string of the molecule is O=C(CSc1nncn1C1CC1)c1ccc(Br)cc1. The second kappa shape index (κ2) is 5.46. The minimum atomic E-state index is 0.114. The van der Waals surface area contributed by atoms with Gasteiger partial charge >= 0.3 is 0 Å². The lowest BCUT2D eigenvalue weighted by atomic mass is 10.2. The highest BCUT2D eigenvalue weighted by Crippen LogP contribution is 2.37. The van der Waals surface area contributed by atoms with Gasteiger partial charge in [0.2, 0.25) is 0 Å². The molecule has 2 aromatic rings. The predicted molar refractivity (Wildman–Crippen MR) is 77.5 cm³/mol. The standard InChI is InChI=1S/C13H12BrN3OS/c14-10-3-1-9(2-4-10)12(18)7-19-13-16-15-8-17(13)11-5-6-11/h1-4,8,11H,5-7H2. The molecule has 1 aromatic heterocycles. The van der Waals surface area contributed by atoms with Crippen LogP contribution in [0.25, 0.3) is 0 Å². The summed E-state index contributed by atoms with van der Waals surface area (Å²) in [5.74, 6) is 0.510. The molecule has 3 rings (SSSR count). The van der Waals surface area contributed by atoms with Crippen LogP contribution < -0.4 is 0 Å². The van der Waals surface area contributed by atoms with Gasteiger partial charge in [0.05, 0.1) is 5.75 Å². The van der Waals surface area contributed by atoms with Crippen molar-refractivity contribution in [2.75, 3.05) is 5.75 Å². The molecular formula is C13H12BrN3OS. The van der Waals surface area contributed by atoms with Gasteiger partial charge in [0.25, 0.3) is 0 Å². The van der Waals surface area contributed by atoms with Crippen molar-refractivity contribution >= 4 is 33.5 Å². The van der Waals surface area contributed by atoms with E-state index >= 15 is 0 Å². The molecule has 1 saturated carbocycles. The first-order valence-electron chi connectivity index (χ1n) is 6.05.